The fraction of sp³-hybridized carbons (Fsp3) is 0.714. The molecular formula is C14H24N4O3. The van der Waals surface area contributed by atoms with Gasteiger partial charge in [-0.05, 0) is 10.8 Å². The van der Waals surface area contributed by atoms with Crippen molar-refractivity contribution in [2.75, 3.05) is 24.8 Å². The van der Waals surface area contributed by atoms with E-state index in [-0.39, 0.29) is 28.4 Å². The van der Waals surface area contributed by atoms with Crippen molar-refractivity contribution in [2.45, 2.75) is 40.3 Å². The molecule has 1 aliphatic carbocycles. The van der Waals surface area contributed by atoms with Crippen molar-refractivity contribution in [3.8, 4) is 0 Å². The van der Waals surface area contributed by atoms with Crippen LogP contribution in [0.25, 0.3) is 0 Å². The van der Waals surface area contributed by atoms with E-state index in [0.29, 0.717) is 13.2 Å². The largest absolute Gasteiger partial charge is 0.383 e. The predicted molar refractivity (Wildman–Crippen MR) is 82.6 cm³/mol. The highest BCUT2D eigenvalue weighted by atomic mass is 16.5. The lowest BCUT2D eigenvalue weighted by Gasteiger charge is -2.14. The SMILES string of the molecule is COCCn1c(N)c(NC2C(C)(C)C2(C)C)c(=O)[nH]c1=O. The molecule has 1 aromatic heterocycles. The van der Waals surface area contributed by atoms with E-state index in [1.54, 1.807) is 7.11 Å². The van der Waals surface area contributed by atoms with Crippen LogP contribution in [0.3, 0.4) is 0 Å². The lowest BCUT2D eigenvalue weighted by Crippen LogP contribution is -2.35. The van der Waals surface area contributed by atoms with Gasteiger partial charge in [-0.3, -0.25) is 14.3 Å². The van der Waals surface area contributed by atoms with Crippen LogP contribution >= 0.6 is 0 Å². The van der Waals surface area contributed by atoms with Crippen molar-refractivity contribution in [3.63, 3.8) is 0 Å². The molecule has 1 heterocycles. The number of anilines is 2. The third-order valence-corrected chi connectivity index (χ3v) is 5.07. The molecule has 0 spiro atoms. The summed E-state index contributed by atoms with van der Waals surface area (Å²) in [4.78, 5) is 26.1. The maximum atomic E-state index is 12.0. The molecule has 0 atom stereocenters. The van der Waals surface area contributed by atoms with E-state index in [1.807, 2.05) is 0 Å². The molecule has 7 nitrogen and oxygen atoms in total. The number of aromatic amines is 1. The van der Waals surface area contributed by atoms with Gasteiger partial charge in [0.05, 0.1) is 13.2 Å². The number of nitrogens with two attached hydrogens (primary N) is 1. The Labute approximate surface area is 123 Å². The molecule has 0 aromatic carbocycles. The van der Waals surface area contributed by atoms with Gasteiger partial charge >= 0.3 is 5.69 Å². The molecule has 0 radical (unpaired) electrons. The van der Waals surface area contributed by atoms with E-state index in [1.165, 1.54) is 4.57 Å². The summed E-state index contributed by atoms with van der Waals surface area (Å²) in [7, 11) is 1.54. The van der Waals surface area contributed by atoms with Crippen LogP contribution in [-0.2, 0) is 11.3 Å². The van der Waals surface area contributed by atoms with Crippen LogP contribution in [0.1, 0.15) is 27.7 Å². The van der Waals surface area contributed by atoms with Crippen molar-refractivity contribution >= 4 is 11.5 Å². The Morgan fingerprint density at radius 2 is 1.86 bits per heavy atom. The molecule has 0 unspecified atom stereocenters. The van der Waals surface area contributed by atoms with Crippen LogP contribution in [-0.4, -0.2) is 29.3 Å². The molecule has 1 fully saturated rings. The first-order valence-electron chi connectivity index (χ1n) is 7.02. The van der Waals surface area contributed by atoms with Gasteiger partial charge in [0.2, 0.25) is 0 Å². The lowest BCUT2D eigenvalue weighted by atomic mass is 10.0. The van der Waals surface area contributed by atoms with Gasteiger partial charge in [0.15, 0.2) is 0 Å². The fourth-order valence-electron chi connectivity index (χ4n) is 2.83. The maximum Gasteiger partial charge on any atom is 0.330 e. The number of methoxy groups -OCH3 is 1. The Hall–Kier alpha value is -1.76. The number of rotatable bonds is 5. The summed E-state index contributed by atoms with van der Waals surface area (Å²) in [6.45, 7) is 9.18. The topological polar surface area (TPSA) is 102 Å². The van der Waals surface area contributed by atoms with Crippen LogP contribution in [0.15, 0.2) is 9.59 Å². The molecule has 1 saturated carbocycles. The fourth-order valence-corrected chi connectivity index (χ4v) is 2.83. The molecule has 1 aromatic rings. The Kier molecular flexibility index (Phi) is 3.65. The zero-order valence-electron chi connectivity index (χ0n) is 13.2. The molecule has 0 saturated heterocycles. The van der Waals surface area contributed by atoms with Gasteiger partial charge in [0.25, 0.3) is 5.56 Å². The molecule has 7 heteroatoms. The van der Waals surface area contributed by atoms with Gasteiger partial charge in [0.1, 0.15) is 11.5 Å². The standard InChI is InChI=1S/C14H24N4O3/c1-13(2)11(14(13,3)4)16-8-9(15)18(6-7-21-5)12(20)17-10(8)19/h11,16H,6-7,15H2,1-5H3,(H,17,19,20). The molecule has 4 N–H and O–H groups in total. The van der Waals surface area contributed by atoms with E-state index < -0.39 is 11.2 Å². The molecular weight excluding hydrogens is 272 g/mol. The van der Waals surface area contributed by atoms with Crippen molar-refractivity contribution in [3.05, 3.63) is 20.8 Å². The molecule has 118 valence electrons. The van der Waals surface area contributed by atoms with Crippen molar-refractivity contribution < 1.29 is 4.74 Å². The molecule has 0 aliphatic heterocycles. The summed E-state index contributed by atoms with van der Waals surface area (Å²) in [6, 6.07) is 0.127. The van der Waals surface area contributed by atoms with Gasteiger partial charge in [-0.25, -0.2) is 4.79 Å². The normalized spacial score (nSPS) is 19.5. The second-order valence-corrected chi connectivity index (χ2v) is 6.68. The number of hydrogen-bond donors (Lipinski definition) is 3. The van der Waals surface area contributed by atoms with Gasteiger partial charge in [-0.1, -0.05) is 27.7 Å². The third kappa shape index (κ3) is 2.35. The summed E-state index contributed by atoms with van der Waals surface area (Å²) in [5, 5.41) is 3.21. The van der Waals surface area contributed by atoms with Crippen molar-refractivity contribution in [1.82, 2.24) is 9.55 Å². The third-order valence-electron chi connectivity index (χ3n) is 5.07. The van der Waals surface area contributed by atoms with Crippen LogP contribution in [0, 0.1) is 10.8 Å². The van der Waals surface area contributed by atoms with Crippen LogP contribution in [0.4, 0.5) is 11.5 Å². The first-order valence-corrected chi connectivity index (χ1v) is 7.02. The van der Waals surface area contributed by atoms with E-state index in [0.717, 1.165) is 0 Å². The smallest absolute Gasteiger partial charge is 0.330 e. The Bertz CT molecular complexity index is 643. The van der Waals surface area contributed by atoms with Crippen LogP contribution < -0.4 is 22.3 Å². The van der Waals surface area contributed by atoms with Gasteiger partial charge in [-0.15, -0.1) is 0 Å². The summed E-state index contributed by atoms with van der Waals surface area (Å²) in [6.07, 6.45) is 0. The minimum Gasteiger partial charge on any atom is -0.383 e. The van der Waals surface area contributed by atoms with Crippen molar-refractivity contribution in [1.29, 1.82) is 0 Å². The molecule has 21 heavy (non-hydrogen) atoms. The Morgan fingerprint density at radius 3 is 2.33 bits per heavy atom. The van der Waals surface area contributed by atoms with Gasteiger partial charge < -0.3 is 15.8 Å². The Balaban J connectivity index is 2.37. The summed E-state index contributed by atoms with van der Waals surface area (Å²) in [5.74, 6) is 0.152. The number of nitrogens with one attached hydrogen (secondary N) is 2. The maximum absolute atomic E-state index is 12.0. The van der Waals surface area contributed by atoms with E-state index in [4.69, 9.17) is 10.5 Å². The van der Waals surface area contributed by atoms with E-state index in [2.05, 4.69) is 38.0 Å². The average Bonchev–Trinajstić information content (AvgIpc) is 2.75. The monoisotopic (exact) mass is 296 g/mol. The highest BCUT2D eigenvalue weighted by molar-refractivity contribution is 5.62. The van der Waals surface area contributed by atoms with Crippen LogP contribution in [0.2, 0.25) is 0 Å². The summed E-state index contributed by atoms with van der Waals surface area (Å²) >= 11 is 0. The van der Waals surface area contributed by atoms with Gasteiger partial charge in [-0.2, -0.15) is 0 Å². The minimum absolute atomic E-state index is 0.0549. The van der Waals surface area contributed by atoms with E-state index in [9.17, 15) is 9.59 Å². The zero-order chi connectivity index (χ0) is 16.0. The Morgan fingerprint density at radius 1 is 1.29 bits per heavy atom. The second-order valence-electron chi connectivity index (χ2n) is 6.68. The number of nitrogens with zero attached hydrogens (tertiary/aromatic N) is 1. The summed E-state index contributed by atoms with van der Waals surface area (Å²) < 4.78 is 6.27. The first-order chi connectivity index (χ1) is 9.64. The quantitative estimate of drug-likeness (QED) is 0.739. The number of hydrogen-bond acceptors (Lipinski definition) is 5. The molecule has 2 rings (SSSR count). The zero-order valence-corrected chi connectivity index (χ0v) is 13.2. The highest BCUT2D eigenvalue weighted by Gasteiger charge is 2.65. The molecule has 1 aliphatic rings. The van der Waals surface area contributed by atoms with Crippen molar-refractivity contribution in [2.24, 2.45) is 10.8 Å². The highest BCUT2D eigenvalue weighted by Crippen LogP contribution is 2.63. The summed E-state index contributed by atoms with van der Waals surface area (Å²) in [5.41, 5.74) is 5.37. The molecule has 0 bridgehead atoms. The van der Waals surface area contributed by atoms with E-state index >= 15 is 0 Å². The number of ether oxygens (including phenoxy) is 1. The predicted octanol–water partition coefficient (Wildman–Crippen LogP) is 0.612. The van der Waals surface area contributed by atoms with Gasteiger partial charge in [0, 0.05) is 13.2 Å². The lowest BCUT2D eigenvalue weighted by molar-refractivity contribution is 0.186. The minimum atomic E-state index is -0.519. The van der Waals surface area contributed by atoms with Crippen LogP contribution in [0.5, 0.6) is 0 Å². The second kappa shape index (κ2) is 4.91. The average molecular weight is 296 g/mol. The number of nitrogen functional groups attached to an aromatic ring is 1. The first kappa shape index (κ1) is 15.6. The molecule has 0 amide bonds. The number of aromatic nitrogens is 2. The number of H-pyrrole nitrogens is 1.